The van der Waals surface area contributed by atoms with Gasteiger partial charge in [-0.05, 0) is 37.1 Å². The molecule has 4 nitrogen and oxygen atoms in total. The number of aromatic nitrogens is 1. The van der Waals surface area contributed by atoms with Crippen molar-refractivity contribution in [3.8, 4) is 5.75 Å². The molecule has 0 bridgehead atoms. The number of amides is 1. The molecule has 1 aromatic heterocycles. The van der Waals surface area contributed by atoms with Crippen molar-refractivity contribution in [3.05, 3.63) is 35.5 Å². The molecule has 1 amide bonds. The van der Waals surface area contributed by atoms with Crippen LogP contribution in [0.25, 0.3) is 10.9 Å². The number of nitrogens with zero attached hydrogens (tertiary/aromatic N) is 1. The predicted molar refractivity (Wildman–Crippen MR) is 70.5 cm³/mol. The Balaban J connectivity index is 2.48. The van der Waals surface area contributed by atoms with Crippen molar-refractivity contribution >= 4 is 16.8 Å². The van der Waals surface area contributed by atoms with Crippen LogP contribution in [0.1, 0.15) is 17.7 Å². The second-order valence-electron chi connectivity index (χ2n) is 4.27. The van der Waals surface area contributed by atoms with E-state index in [9.17, 15) is 4.79 Å². The van der Waals surface area contributed by atoms with E-state index < -0.39 is 0 Å². The largest absolute Gasteiger partial charge is 0.497 e. The Hall–Kier alpha value is -2.10. The van der Waals surface area contributed by atoms with Gasteiger partial charge >= 0.3 is 0 Å². The number of benzene rings is 1. The summed E-state index contributed by atoms with van der Waals surface area (Å²) in [4.78, 5) is 15.4. The zero-order valence-electron chi connectivity index (χ0n) is 10.6. The van der Waals surface area contributed by atoms with Crippen molar-refractivity contribution in [2.75, 3.05) is 7.11 Å². The molecule has 0 atom stereocenters. The third kappa shape index (κ3) is 2.59. The van der Waals surface area contributed by atoms with Gasteiger partial charge in [0.25, 0.3) is 0 Å². The Morgan fingerprint density at radius 2 is 2.17 bits per heavy atom. The van der Waals surface area contributed by atoms with E-state index in [1.807, 2.05) is 31.2 Å². The molecule has 0 aliphatic carbocycles. The van der Waals surface area contributed by atoms with Crippen molar-refractivity contribution in [3.63, 3.8) is 0 Å². The van der Waals surface area contributed by atoms with E-state index in [1.54, 1.807) is 7.11 Å². The fourth-order valence-corrected chi connectivity index (χ4v) is 2.02. The zero-order chi connectivity index (χ0) is 13.1. The quantitative estimate of drug-likeness (QED) is 0.894. The lowest BCUT2D eigenvalue weighted by Gasteiger charge is -2.08. The van der Waals surface area contributed by atoms with Crippen LogP contribution in [0.3, 0.4) is 0 Å². The molecule has 94 valence electrons. The van der Waals surface area contributed by atoms with Crippen molar-refractivity contribution in [1.82, 2.24) is 4.98 Å². The van der Waals surface area contributed by atoms with Crippen LogP contribution in [-0.2, 0) is 11.2 Å². The first kappa shape index (κ1) is 12.4. The summed E-state index contributed by atoms with van der Waals surface area (Å²) in [5, 5.41) is 1.04. The maximum absolute atomic E-state index is 10.9. The van der Waals surface area contributed by atoms with Crippen molar-refractivity contribution in [2.24, 2.45) is 5.73 Å². The standard InChI is InChI=1S/C14H16N2O2/c1-9-7-10(3-6-14(15)17)12-5-4-11(18-2)8-13(12)16-9/h4-5,7-8H,3,6H2,1-2H3,(H2,15,17). The molecule has 0 saturated carbocycles. The summed E-state index contributed by atoms with van der Waals surface area (Å²) in [6.45, 7) is 1.94. The van der Waals surface area contributed by atoms with Crippen molar-refractivity contribution in [2.45, 2.75) is 19.8 Å². The summed E-state index contributed by atoms with van der Waals surface area (Å²) in [7, 11) is 1.63. The van der Waals surface area contributed by atoms with Gasteiger partial charge in [0, 0.05) is 23.6 Å². The molecule has 1 aromatic carbocycles. The number of nitrogens with two attached hydrogens (primary N) is 1. The molecule has 0 radical (unpaired) electrons. The molecule has 0 fully saturated rings. The number of rotatable bonds is 4. The number of ether oxygens (including phenoxy) is 1. The Kier molecular flexibility index (Phi) is 3.46. The molecule has 2 N–H and O–H groups in total. The van der Waals surface area contributed by atoms with E-state index in [1.165, 1.54) is 0 Å². The number of methoxy groups -OCH3 is 1. The molecule has 18 heavy (non-hydrogen) atoms. The van der Waals surface area contributed by atoms with Gasteiger partial charge in [-0.2, -0.15) is 0 Å². The van der Waals surface area contributed by atoms with Gasteiger partial charge in [0.05, 0.1) is 12.6 Å². The summed E-state index contributed by atoms with van der Waals surface area (Å²) in [5.41, 5.74) is 8.10. The maximum Gasteiger partial charge on any atom is 0.217 e. The highest BCUT2D eigenvalue weighted by atomic mass is 16.5. The Bertz CT molecular complexity index is 594. The number of carbonyl (C=O) groups is 1. The lowest BCUT2D eigenvalue weighted by atomic mass is 10.0. The Morgan fingerprint density at radius 3 is 2.83 bits per heavy atom. The number of primary amides is 1. The minimum Gasteiger partial charge on any atom is -0.497 e. The molecule has 0 aliphatic rings. The van der Waals surface area contributed by atoms with Crippen LogP contribution in [0.4, 0.5) is 0 Å². The molecule has 0 saturated heterocycles. The van der Waals surface area contributed by atoms with Gasteiger partial charge in [0.2, 0.25) is 5.91 Å². The van der Waals surface area contributed by atoms with E-state index >= 15 is 0 Å². The molecular formula is C14H16N2O2. The molecule has 2 rings (SSSR count). The number of aryl methyl sites for hydroxylation is 2. The Labute approximate surface area is 106 Å². The fourth-order valence-electron chi connectivity index (χ4n) is 2.02. The maximum atomic E-state index is 10.9. The molecule has 1 heterocycles. The van der Waals surface area contributed by atoms with Crippen molar-refractivity contribution < 1.29 is 9.53 Å². The highest BCUT2D eigenvalue weighted by Crippen LogP contribution is 2.24. The minimum atomic E-state index is -0.286. The second-order valence-corrected chi connectivity index (χ2v) is 4.27. The molecule has 0 aliphatic heterocycles. The lowest BCUT2D eigenvalue weighted by molar-refractivity contribution is -0.117. The van der Waals surface area contributed by atoms with E-state index in [2.05, 4.69) is 4.98 Å². The lowest BCUT2D eigenvalue weighted by Crippen LogP contribution is -2.11. The van der Waals surface area contributed by atoms with Gasteiger partial charge < -0.3 is 10.5 Å². The van der Waals surface area contributed by atoms with Crippen LogP contribution in [-0.4, -0.2) is 18.0 Å². The van der Waals surface area contributed by atoms with Gasteiger partial charge in [0.15, 0.2) is 0 Å². The number of fused-ring (bicyclic) bond motifs is 1. The van der Waals surface area contributed by atoms with Crippen LogP contribution in [0.2, 0.25) is 0 Å². The summed E-state index contributed by atoms with van der Waals surface area (Å²) in [6.07, 6.45) is 0.992. The second kappa shape index (κ2) is 5.04. The van der Waals surface area contributed by atoms with Gasteiger partial charge in [-0.25, -0.2) is 0 Å². The first-order valence-electron chi connectivity index (χ1n) is 5.82. The summed E-state index contributed by atoms with van der Waals surface area (Å²) >= 11 is 0. The van der Waals surface area contributed by atoms with Crippen LogP contribution < -0.4 is 10.5 Å². The van der Waals surface area contributed by atoms with Crippen LogP contribution >= 0.6 is 0 Å². The average Bonchev–Trinajstić information content (AvgIpc) is 2.34. The SMILES string of the molecule is COc1ccc2c(CCC(N)=O)cc(C)nc2c1. The molecule has 0 spiro atoms. The molecule has 2 aromatic rings. The molecule has 4 heteroatoms. The number of pyridine rings is 1. The highest BCUT2D eigenvalue weighted by Gasteiger charge is 2.06. The summed E-state index contributed by atoms with van der Waals surface area (Å²) in [6, 6.07) is 7.76. The third-order valence-corrected chi connectivity index (χ3v) is 2.87. The predicted octanol–water partition coefficient (Wildman–Crippen LogP) is 1.97. The minimum absolute atomic E-state index is 0.286. The highest BCUT2D eigenvalue weighted by molar-refractivity contribution is 5.84. The van der Waals surface area contributed by atoms with E-state index in [0.29, 0.717) is 12.8 Å². The normalized spacial score (nSPS) is 10.6. The van der Waals surface area contributed by atoms with Gasteiger partial charge in [0.1, 0.15) is 5.75 Å². The number of hydrogen-bond acceptors (Lipinski definition) is 3. The topological polar surface area (TPSA) is 65.2 Å². The first-order valence-corrected chi connectivity index (χ1v) is 5.82. The van der Waals surface area contributed by atoms with Crippen LogP contribution in [0.15, 0.2) is 24.3 Å². The van der Waals surface area contributed by atoms with E-state index in [0.717, 1.165) is 27.9 Å². The van der Waals surface area contributed by atoms with E-state index in [4.69, 9.17) is 10.5 Å². The van der Waals surface area contributed by atoms with Gasteiger partial charge in [-0.15, -0.1) is 0 Å². The van der Waals surface area contributed by atoms with Gasteiger partial charge in [-0.1, -0.05) is 0 Å². The first-order chi connectivity index (χ1) is 8.60. The number of carbonyl (C=O) groups excluding carboxylic acids is 1. The van der Waals surface area contributed by atoms with E-state index in [-0.39, 0.29) is 5.91 Å². The zero-order valence-corrected chi connectivity index (χ0v) is 10.6. The number of hydrogen-bond donors (Lipinski definition) is 1. The molecule has 0 unspecified atom stereocenters. The fraction of sp³-hybridized carbons (Fsp3) is 0.286. The average molecular weight is 244 g/mol. The monoisotopic (exact) mass is 244 g/mol. The summed E-state index contributed by atoms with van der Waals surface area (Å²) < 4.78 is 5.19. The van der Waals surface area contributed by atoms with Gasteiger partial charge in [-0.3, -0.25) is 9.78 Å². The van der Waals surface area contributed by atoms with Crippen molar-refractivity contribution in [1.29, 1.82) is 0 Å². The third-order valence-electron chi connectivity index (χ3n) is 2.87. The van der Waals surface area contributed by atoms with Crippen LogP contribution in [0, 0.1) is 6.92 Å². The smallest absolute Gasteiger partial charge is 0.217 e. The Morgan fingerprint density at radius 1 is 1.39 bits per heavy atom. The summed E-state index contributed by atoms with van der Waals surface area (Å²) in [5.74, 6) is 0.493. The molecular weight excluding hydrogens is 228 g/mol. The van der Waals surface area contributed by atoms with Crippen LogP contribution in [0.5, 0.6) is 5.75 Å².